The molecular weight excluding hydrogens is 351 g/mol. The van der Waals surface area contributed by atoms with E-state index in [-0.39, 0.29) is 37.6 Å². The Morgan fingerprint density at radius 1 is 1.04 bits per heavy atom. The molecule has 1 aromatic carbocycles. The van der Waals surface area contributed by atoms with Crippen LogP contribution in [0.1, 0.15) is 41.6 Å². The van der Waals surface area contributed by atoms with Crippen LogP contribution in [0.4, 0.5) is 13.2 Å². The van der Waals surface area contributed by atoms with Gasteiger partial charge in [0.25, 0.3) is 0 Å². The quantitative estimate of drug-likeness (QED) is 0.780. The van der Waals surface area contributed by atoms with Crippen molar-refractivity contribution in [2.24, 2.45) is 5.92 Å². The van der Waals surface area contributed by atoms with E-state index in [0.717, 1.165) is 10.5 Å². The number of likely N-dealkylation sites (tertiary alicyclic amines) is 1. The van der Waals surface area contributed by atoms with Gasteiger partial charge in [-0.3, -0.25) is 14.4 Å². The first kappa shape index (κ1) is 19.9. The summed E-state index contributed by atoms with van der Waals surface area (Å²) in [5, 5.41) is 8.59. The number of hydrogen-bond acceptors (Lipinski definition) is 3. The van der Waals surface area contributed by atoms with Crippen molar-refractivity contribution >= 4 is 17.7 Å². The molecule has 1 saturated heterocycles. The number of Topliss-reactive ketones (excluding diaryl/α,β-unsaturated/α-hetero) is 1. The van der Waals surface area contributed by atoms with Crippen molar-refractivity contribution in [2.75, 3.05) is 13.1 Å². The number of benzene rings is 1. The number of rotatable bonds is 6. The van der Waals surface area contributed by atoms with Crippen LogP contribution in [0.25, 0.3) is 0 Å². The molecule has 1 aliphatic rings. The van der Waals surface area contributed by atoms with Crippen molar-refractivity contribution in [3.8, 4) is 0 Å². The fraction of sp³-hybridized carbons (Fsp3) is 0.500. The highest BCUT2D eigenvalue weighted by atomic mass is 19.4. The van der Waals surface area contributed by atoms with Gasteiger partial charge in [0, 0.05) is 25.1 Å². The predicted octanol–water partition coefficient (Wildman–Crippen LogP) is 3.08. The SMILES string of the molecule is O=C(O)CCC(=O)c1ccc(CC2CCN(C(=O)C(F)(F)F)CC2)cc1. The van der Waals surface area contributed by atoms with Gasteiger partial charge >= 0.3 is 18.1 Å². The Balaban J connectivity index is 1.84. The average molecular weight is 371 g/mol. The highest BCUT2D eigenvalue weighted by Crippen LogP contribution is 2.26. The van der Waals surface area contributed by atoms with E-state index in [1.165, 1.54) is 0 Å². The average Bonchev–Trinajstić information content (AvgIpc) is 2.59. The lowest BCUT2D eigenvalue weighted by Crippen LogP contribution is -2.45. The lowest BCUT2D eigenvalue weighted by atomic mass is 9.89. The van der Waals surface area contributed by atoms with Crippen molar-refractivity contribution in [1.82, 2.24) is 4.90 Å². The molecule has 1 aromatic rings. The zero-order chi connectivity index (χ0) is 19.3. The van der Waals surface area contributed by atoms with Gasteiger partial charge in [0.05, 0.1) is 6.42 Å². The van der Waals surface area contributed by atoms with Crippen LogP contribution in [-0.4, -0.2) is 46.9 Å². The summed E-state index contributed by atoms with van der Waals surface area (Å²) in [6.07, 6.45) is -3.42. The number of aliphatic carboxylic acids is 1. The standard InChI is InChI=1S/C18H20F3NO4/c19-18(20,21)17(26)22-9-7-13(8-10-22)11-12-1-3-14(4-2-12)15(23)5-6-16(24)25/h1-4,13H,5-11H2,(H,24,25). The summed E-state index contributed by atoms with van der Waals surface area (Å²) in [7, 11) is 0. The first-order chi connectivity index (χ1) is 12.2. The minimum atomic E-state index is -4.82. The molecule has 1 N–H and O–H groups in total. The molecule has 0 unspecified atom stereocenters. The number of hydrogen-bond donors (Lipinski definition) is 1. The minimum absolute atomic E-state index is 0.0552. The summed E-state index contributed by atoms with van der Waals surface area (Å²) < 4.78 is 37.3. The summed E-state index contributed by atoms with van der Waals surface area (Å²) in [4.78, 5) is 34.4. The van der Waals surface area contributed by atoms with Gasteiger partial charge in [-0.25, -0.2) is 0 Å². The fourth-order valence-corrected chi connectivity index (χ4v) is 3.04. The van der Waals surface area contributed by atoms with Crippen molar-refractivity contribution in [1.29, 1.82) is 0 Å². The van der Waals surface area contributed by atoms with Crippen LogP contribution in [0.3, 0.4) is 0 Å². The Hall–Kier alpha value is -2.38. The highest BCUT2D eigenvalue weighted by molar-refractivity contribution is 5.97. The van der Waals surface area contributed by atoms with Gasteiger partial charge in [-0.15, -0.1) is 0 Å². The molecule has 0 atom stereocenters. The molecule has 1 aliphatic heterocycles. The second-order valence-corrected chi connectivity index (χ2v) is 6.45. The summed E-state index contributed by atoms with van der Waals surface area (Å²) in [6, 6.07) is 6.84. The molecule has 0 saturated carbocycles. The summed E-state index contributed by atoms with van der Waals surface area (Å²) in [5.41, 5.74) is 1.40. The summed E-state index contributed by atoms with van der Waals surface area (Å²) in [6.45, 7) is 0.184. The molecular formula is C18H20F3NO4. The van der Waals surface area contributed by atoms with Gasteiger partial charge in [0.2, 0.25) is 0 Å². The number of halogens is 3. The second-order valence-electron chi connectivity index (χ2n) is 6.45. The molecule has 0 aromatic heterocycles. The van der Waals surface area contributed by atoms with E-state index in [1.807, 2.05) is 0 Å². The normalized spacial score (nSPS) is 15.7. The molecule has 8 heteroatoms. The largest absolute Gasteiger partial charge is 0.481 e. The van der Waals surface area contributed by atoms with Crippen molar-refractivity contribution in [2.45, 2.75) is 38.3 Å². The number of ketones is 1. The van der Waals surface area contributed by atoms with E-state index in [9.17, 15) is 27.6 Å². The van der Waals surface area contributed by atoms with E-state index in [1.54, 1.807) is 24.3 Å². The molecule has 26 heavy (non-hydrogen) atoms. The van der Waals surface area contributed by atoms with Gasteiger partial charge in [0.1, 0.15) is 0 Å². The van der Waals surface area contributed by atoms with Crippen LogP contribution in [0.15, 0.2) is 24.3 Å². The van der Waals surface area contributed by atoms with Gasteiger partial charge in [-0.2, -0.15) is 13.2 Å². The van der Waals surface area contributed by atoms with Crippen LogP contribution in [-0.2, 0) is 16.0 Å². The van der Waals surface area contributed by atoms with Crippen molar-refractivity contribution in [3.05, 3.63) is 35.4 Å². The van der Waals surface area contributed by atoms with Crippen LogP contribution in [0.2, 0.25) is 0 Å². The zero-order valence-electron chi connectivity index (χ0n) is 14.1. The lowest BCUT2D eigenvalue weighted by molar-refractivity contribution is -0.186. The van der Waals surface area contributed by atoms with Gasteiger partial charge < -0.3 is 10.0 Å². The second kappa shape index (κ2) is 8.33. The van der Waals surface area contributed by atoms with Gasteiger partial charge in [-0.05, 0) is 30.7 Å². The van der Waals surface area contributed by atoms with Crippen LogP contribution in [0.5, 0.6) is 0 Å². The zero-order valence-corrected chi connectivity index (χ0v) is 14.1. The maximum atomic E-state index is 12.4. The third-order valence-electron chi connectivity index (χ3n) is 4.51. The van der Waals surface area contributed by atoms with Crippen LogP contribution in [0, 0.1) is 5.92 Å². The number of nitrogens with zero attached hydrogens (tertiary/aromatic N) is 1. The first-order valence-corrected chi connectivity index (χ1v) is 8.37. The fourth-order valence-electron chi connectivity index (χ4n) is 3.04. The molecule has 0 spiro atoms. The highest BCUT2D eigenvalue weighted by Gasteiger charge is 2.43. The van der Waals surface area contributed by atoms with E-state index in [4.69, 9.17) is 5.11 Å². The Morgan fingerprint density at radius 2 is 1.62 bits per heavy atom. The Labute approximate surface area is 148 Å². The summed E-state index contributed by atoms with van der Waals surface area (Å²) in [5.74, 6) is -2.86. The molecule has 1 heterocycles. The smallest absolute Gasteiger partial charge is 0.471 e. The maximum Gasteiger partial charge on any atom is 0.471 e. The summed E-state index contributed by atoms with van der Waals surface area (Å²) >= 11 is 0. The molecule has 142 valence electrons. The maximum absolute atomic E-state index is 12.4. The molecule has 2 rings (SSSR count). The molecule has 5 nitrogen and oxygen atoms in total. The Morgan fingerprint density at radius 3 is 2.12 bits per heavy atom. The lowest BCUT2D eigenvalue weighted by Gasteiger charge is -2.32. The molecule has 1 fully saturated rings. The predicted molar refractivity (Wildman–Crippen MR) is 86.7 cm³/mol. The molecule has 1 amide bonds. The first-order valence-electron chi connectivity index (χ1n) is 8.37. The number of carboxylic acid groups (broad SMARTS) is 1. The van der Waals surface area contributed by atoms with E-state index < -0.39 is 18.1 Å². The van der Waals surface area contributed by atoms with Crippen molar-refractivity contribution < 1.29 is 32.7 Å². The number of piperidine rings is 1. The van der Waals surface area contributed by atoms with Crippen molar-refractivity contribution in [3.63, 3.8) is 0 Å². The molecule has 0 radical (unpaired) electrons. The third-order valence-corrected chi connectivity index (χ3v) is 4.51. The number of carboxylic acids is 1. The minimum Gasteiger partial charge on any atom is -0.481 e. The number of amides is 1. The molecule has 0 bridgehead atoms. The topological polar surface area (TPSA) is 74.7 Å². The van der Waals surface area contributed by atoms with E-state index in [2.05, 4.69) is 0 Å². The van der Waals surface area contributed by atoms with Gasteiger partial charge in [-0.1, -0.05) is 24.3 Å². The Bertz CT molecular complexity index is 662. The van der Waals surface area contributed by atoms with Crippen LogP contribution < -0.4 is 0 Å². The molecule has 0 aliphatic carbocycles. The number of carbonyl (C=O) groups excluding carboxylic acids is 2. The Kier molecular flexibility index (Phi) is 6.39. The third kappa shape index (κ3) is 5.57. The number of carbonyl (C=O) groups is 3. The van der Waals surface area contributed by atoms with Crippen LogP contribution >= 0.6 is 0 Å². The van der Waals surface area contributed by atoms with Gasteiger partial charge in [0.15, 0.2) is 5.78 Å². The number of alkyl halides is 3. The van der Waals surface area contributed by atoms with E-state index >= 15 is 0 Å². The van der Waals surface area contributed by atoms with E-state index in [0.29, 0.717) is 24.8 Å². The monoisotopic (exact) mass is 371 g/mol.